The van der Waals surface area contributed by atoms with Gasteiger partial charge < -0.3 is 29.0 Å². The molecule has 3 heterocycles. The van der Waals surface area contributed by atoms with E-state index in [0.29, 0.717) is 41.3 Å². The quantitative estimate of drug-likeness (QED) is 0.803. The minimum atomic E-state index is -0.493. The molecule has 9 heteroatoms. The molecule has 0 bridgehead atoms. The van der Waals surface area contributed by atoms with E-state index in [0.717, 1.165) is 11.3 Å². The van der Waals surface area contributed by atoms with Crippen molar-refractivity contribution in [1.29, 1.82) is 0 Å². The molecule has 0 spiro atoms. The number of hydrogen-bond acceptors (Lipinski definition) is 6. The van der Waals surface area contributed by atoms with Gasteiger partial charge in [0.25, 0.3) is 17.4 Å². The van der Waals surface area contributed by atoms with Crippen LogP contribution >= 0.6 is 0 Å². The summed E-state index contributed by atoms with van der Waals surface area (Å²) in [5.74, 6) is 0.491. The first-order valence-electron chi connectivity index (χ1n) is 9.56. The third kappa shape index (κ3) is 2.97. The van der Waals surface area contributed by atoms with Crippen LogP contribution in [0.3, 0.4) is 0 Å². The summed E-state index contributed by atoms with van der Waals surface area (Å²) in [5.41, 5.74) is 2.28. The lowest BCUT2D eigenvalue weighted by molar-refractivity contribution is 0.0775. The normalized spacial score (nSPS) is 14.5. The van der Waals surface area contributed by atoms with Gasteiger partial charge in [0.05, 0.1) is 12.7 Å². The highest BCUT2D eigenvalue weighted by Crippen LogP contribution is 2.49. The van der Waals surface area contributed by atoms with Gasteiger partial charge in [-0.15, -0.1) is 0 Å². The molecule has 0 radical (unpaired) electrons. The number of benzene rings is 1. The number of methoxy groups -OCH3 is 1. The number of rotatable bonds is 4. The number of likely N-dealkylation sites (N-methyl/N-ethyl adjacent to an activating group) is 1. The van der Waals surface area contributed by atoms with Gasteiger partial charge in [-0.3, -0.25) is 14.4 Å². The van der Waals surface area contributed by atoms with E-state index in [-0.39, 0.29) is 30.4 Å². The summed E-state index contributed by atoms with van der Waals surface area (Å²) in [4.78, 5) is 39.6. The van der Waals surface area contributed by atoms with E-state index in [1.54, 1.807) is 32.0 Å². The maximum Gasteiger partial charge on any atom is 0.263 e. The highest BCUT2D eigenvalue weighted by molar-refractivity contribution is 6.01. The fourth-order valence-electron chi connectivity index (χ4n) is 3.83. The Morgan fingerprint density at radius 1 is 1.20 bits per heavy atom. The van der Waals surface area contributed by atoms with Crippen LogP contribution in [-0.4, -0.2) is 48.8 Å². The molecule has 4 rings (SSSR count). The topological polar surface area (TPSA) is 99.1 Å². The Morgan fingerprint density at radius 2 is 1.93 bits per heavy atom. The van der Waals surface area contributed by atoms with Crippen molar-refractivity contribution in [2.24, 2.45) is 7.05 Å². The Kier molecular flexibility index (Phi) is 4.89. The van der Waals surface area contributed by atoms with Gasteiger partial charge in [-0.1, -0.05) is 0 Å². The fourth-order valence-corrected chi connectivity index (χ4v) is 3.83. The zero-order chi connectivity index (χ0) is 21.6. The van der Waals surface area contributed by atoms with Crippen molar-refractivity contribution < 1.29 is 23.8 Å². The average Bonchev–Trinajstić information content (AvgIpc) is 3.21. The summed E-state index contributed by atoms with van der Waals surface area (Å²) >= 11 is 0. The second-order valence-corrected chi connectivity index (χ2v) is 7.34. The molecular weight excluding hydrogens is 390 g/mol. The fraction of sp³-hybridized carbons (Fsp3) is 0.381. The molecule has 1 aromatic carbocycles. The third-order valence-corrected chi connectivity index (χ3v) is 5.67. The third-order valence-electron chi connectivity index (χ3n) is 5.67. The van der Waals surface area contributed by atoms with Crippen molar-refractivity contribution in [2.75, 3.05) is 27.5 Å². The molecule has 9 nitrogen and oxygen atoms in total. The molecule has 1 N–H and O–H groups in total. The van der Waals surface area contributed by atoms with Crippen LogP contribution < -0.4 is 25.1 Å². The molecule has 0 aliphatic carbocycles. The molecule has 0 unspecified atom stereocenters. The Morgan fingerprint density at radius 3 is 2.67 bits per heavy atom. The smallest absolute Gasteiger partial charge is 0.263 e. The van der Waals surface area contributed by atoms with E-state index in [4.69, 9.17) is 14.2 Å². The van der Waals surface area contributed by atoms with Gasteiger partial charge in [0, 0.05) is 38.4 Å². The average molecular weight is 413 g/mol. The van der Waals surface area contributed by atoms with Gasteiger partial charge in [-0.05, 0) is 31.0 Å². The first kappa shape index (κ1) is 19.8. The number of nitrogens with zero attached hydrogens (tertiary/aromatic N) is 2. The maximum atomic E-state index is 12.8. The lowest BCUT2D eigenvalue weighted by Crippen LogP contribution is -2.36. The molecule has 0 fully saturated rings. The number of aryl methyl sites for hydroxylation is 1. The Labute approximate surface area is 173 Å². The number of aromatic nitrogens is 1. The number of hydrogen-bond donors (Lipinski definition) is 1. The molecule has 2 aliphatic heterocycles. The van der Waals surface area contributed by atoms with Crippen LogP contribution in [-0.2, 0) is 20.0 Å². The number of nitrogens with one attached hydrogen (secondary N) is 1. The SMILES string of the molecule is COc1c2c(c(CNC(=O)c3ccc(C)n(C)c3=O)c3c1C(=O)N(C)CC3)OCO2. The van der Waals surface area contributed by atoms with Crippen LogP contribution in [0.5, 0.6) is 17.2 Å². The van der Waals surface area contributed by atoms with Crippen LogP contribution in [0.2, 0.25) is 0 Å². The Balaban J connectivity index is 1.73. The highest BCUT2D eigenvalue weighted by Gasteiger charge is 2.36. The first-order valence-corrected chi connectivity index (χ1v) is 9.56. The van der Waals surface area contributed by atoms with Crippen LogP contribution in [0.4, 0.5) is 0 Å². The highest BCUT2D eigenvalue weighted by atomic mass is 16.7. The molecule has 1 aromatic heterocycles. The maximum absolute atomic E-state index is 12.8. The van der Waals surface area contributed by atoms with E-state index in [2.05, 4.69) is 5.32 Å². The number of ether oxygens (including phenoxy) is 3. The predicted molar refractivity (Wildman–Crippen MR) is 107 cm³/mol. The van der Waals surface area contributed by atoms with Gasteiger partial charge in [-0.25, -0.2) is 0 Å². The van der Waals surface area contributed by atoms with Crippen LogP contribution in [0.25, 0.3) is 0 Å². The molecule has 0 saturated carbocycles. The molecule has 2 amide bonds. The number of carbonyl (C=O) groups excluding carboxylic acids is 2. The van der Waals surface area contributed by atoms with Gasteiger partial charge in [0.2, 0.25) is 12.5 Å². The number of amides is 2. The minimum absolute atomic E-state index is 0.00192. The summed E-state index contributed by atoms with van der Waals surface area (Å²) in [5, 5.41) is 2.79. The second kappa shape index (κ2) is 7.40. The summed E-state index contributed by atoms with van der Waals surface area (Å²) in [6, 6.07) is 3.23. The van der Waals surface area contributed by atoms with Gasteiger partial charge in [0.1, 0.15) is 5.56 Å². The molecule has 0 saturated heterocycles. The molecule has 2 aromatic rings. The van der Waals surface area contributed by atoms with Crippen molar-refractivity contribution in [1.82, 2.24) is 14.8 Å². The molecule has 30 heavy (non-hydrogen) atoms. The number of carbonyl (C=O) groups is 2. The van der Waals surface area contributed by atoms with E-state index in [9.17, 15) is 14.4 Å². The number of fused-ring (bicyclic) bond motifs is 2. The zero-order valence-corrected chi connectivity index (χ0v) is 17.3. The van der Waals surface area contributed by atoms with Crippen LogP contribution in [0.1, 0.15) is 37.5 Å². The Bertz CT molecular complexity index is 1120. The van der Waals surface area contributed by atoms with E-state index < -0.39 is 5.91 Å². The van der Waals surface area contributed by atoms with Crippen molar-refractivity contribution in [3.8, 4) is 17.2 Å². The first-order chi connectivity index (χ1) is 14.3. The van der Waals surface area contributed by atoms with E-state index in [1.807, 2.05) is 0 Å². The van der Waals surface area contributed by atoms with Gasteiger partial charge >= 0.3 is 0 Å². The molecule has 0 atom stereocenters. The summed E-state index contributed by atoms with van der Waals surface area (Å²) in [7, 11) is 4.83. The molecular formula is C21H23N3O6. The van der Waals surface area contributed by atoms with Crippen molar-refractivity contribution in [3.05, 3.63) is 50.4 Å². The predicted octanol–water partition coefficient (Wildman–Crippen LogP) is 0.989. The monoisotopic (exact) mass is 413 g/mol. The van der Waals surface area contributed by atoms with Crippen LogP contribution in [0, 0.1) is 6.92 Å². The lowest BCUT2D eigenvalue weighted by Gasteiger charge is -2.29. The molecule has 158 valence electrons. The summed E-state index contributed by atoms with van der Waals surface area (Å²) in [6.07, 6.45) is 0.585. The summed E-state index contributed by atoms with van der Waals surface area (Å²) < 4.78 is 18.1. The van der Waals surface area contributed by atoms with Crippen molar-refractivity contribution in [3.63, 3.8) is 0 Å². The lowest BCUT2D eigenvalue weighted by atomic mass is 9.91. The number of pyridine rings is 1. The standard InChI is InChI=1S/C21H23N3O6/c1-11-5-6-13(20(26)24(11)3)19(25)22-9-14-12-7-8-23(2)21(27)15(12)17(28-4)18-16(14)29-10-30-18/h5-6H,7-10H2,1-4H3,(H,22,25). The van der Waals surface area contributed by atoms with E-state index in [1.165, 1.54) is 17.7 Å². The van der Waals surface area contributed by atoms with Crippen LogP contribution in [0.15, 0.2) is 16.9 Å². The van der Waals surface area contributed by atoms with Crippen molar-refractivity contribution >= 4 is 11.8 Å². The van der Waals surface area contributed by atoms with Gasteiger partial charge in [-0.2, -0.15) is 0 Å². The zero-order valence-electron chi connectivity index (χ0n) is 17.3. The summed E-state index contributed by atoms with van der Waals surface area (Å²) in [6.45, 7) is 2.42. The second-order valence-electron chi connectivity index (χ2n) is 7.34. The minimum Gasteiger partial charge on any atom is -0.492 e. The largest absolute Gasteiger partial charge is 0.492 e. The Hall–Kier alpha value is -3.49. The van der Waals surface area contributed by atoms with Gasteiger partial charge in [0.15, 0.2) is 11.5 Å². The van der Waals surface area contributed by atoms with Crippen molar-refractivity contribution in [2.45, 2.75) is 19.9 Å². The molecule has 2 aliphatic rings. The van der Waals surface area contributed by atoms with E-state index >= 15 is 0 Å².